The van der Waals surface area contributed by atoms with Crippen molar-refractivity contribution in [3.05, 3.63) is 108 Å². The van der Waals surface area contributed by atoms with Crippen molar-refractivity contribution in [1.29, 1.82) is 0 Å². The Labute approximate surface area is 223 Å². The van der Waals surface area contributed by atoms with Crippen LogP contribution in [0, 0.1) is 0 Å². The van der Waals surface area contributed by atoms with E-state index < -0.39 is 29.1 Å². The first-order valence-corrected chi connectivity index (χ1v) is 12.7. The number of ketones is 1. The van der Waals surface area contributed by atoms with Gasteiger partial charge in [-0.25, -0.2) is 0 Å². The lowest BCUT2D eigenvalue weighted by molar-refractivity contribution is -0.129. The second kappa shape index (κ2) is 9.33. The number of para-hydroxylation sites is 3. The molecule has 8 nitrogen and oxygen atoms in total. The number of aromatic nitrogens is 3. The molecule has 1 atom stereocenters. The summed E-state index contributed by atoms with van der Waals surface area (Å²) in [7, 11) is 1.45. The van der Waals surface area contributed by atoms with E-state index in [0.717, 1.165) is 38.4 Å². The first-order chi connectivity index (χ1) is 18.9. The third-order valence-corrected chi connectivity index (χ3v) is 7.61. The van der Waals surface area contributed by atoms with Gasteiger partial charge in [0, 0.05) is 63.9 Å². The van der Waals surface area contributed by atoms with Crippen molar-refractivity contribution in [2.24, 2.45) is 0 Å². The summed E-state index contributed by atoms with van der Waals surface area (Å²) in [6.07, 6.45) is 5.22. The van der Waals surface area contributed by atoms with Crippen molar-refractivity contribution in [1.82, 2.24) is 25.6 Å². The Morgan fingerprint density at radius 2 is 1.15 bits per heavy atom. The second-order valence-electron chi connectivity index (χ2n) is 9.75. The van der Waals surface area contributed by atoms with Crippen molar-refractivity contribution in [2.45, 2.75) is 18.4 Å². The van der Waals surface area contributed by atoms with Crippen LogP contribution in [0.2, 0.25) is 0 Å². The Balaban J connectivity index is 1.48. The van der Waals surface area contributed by atoms with Crippen LogP contribution in [0.5, 0.6) is 0 Å². The fourth-order valence-electron chi connectivity index (χ4n) is 5.46. The molecule has 0 saturated carbocycles. The molecule has 3 aromatic heterocycles. The molecule has 6 aromatic rings. The number of nitrogens with one attached hydrogen (secondary N) is 5. The molecule has 0 saturated heterocycles. The molecule has 3 heterocycles. The summed E-state index contributed by atoms with van der Waals surface area (Å²) in [4.78, 5) is 50.9. The fraction of sp³-hybridized carbons (Fsp3) is 0.129. The highest BCUT2D eigenvalue weighted by Gasteiger charge is 2.43. The number of Topliss-reactive ketones (excluding diaryl/α,β-unsaturated/α-hetero) is 1. The lowest BCUT2D eigenvalue weighted by Gasteiger charge is -2.30. The molecule has 0 aliphatic carbocycles. The van der Waals surface area contributed by atoms with E-state index in [1.54, 1.807) is 6.20 Å². The highest BCUT2D eigenvalue weighted by atomic mass is 16.2. The molecule has 1 unspecified atom stereocenters. The minimum Gasteiger partial charge on any atom is -0.361 e. The quantitative estimate of drug-likeness (QED) is 0.158. The normalized spacial score (nSPS) is 12.6. The number of hydrogen-bond acceptors (Lipinski definition) is 3. The van der Waals surface area contributed by atoms with Gasteiger partial charge in [0.05, 0.1) is 0 Å². The van der Waals surface area contributed by atoms with Crippen LogP contribution in [-0.2, 0) is 15.0 Å². The van der Waals surface area contributed by atoms with E-state index in [1.807, 2.05) is 92.1 Å². The topological polar surface area (TPSA) is 123 Å². The molecule has 0 aliphatic rings. The molecular weight excluding hydrogens is 490 g/mol. The van der Waals surface area contributed by atoms with Gasteiger partial charge < -0.3 is 25.6 Å². The highest BCUT2D eigenvalue weighted by Crippen LogP contribution is 2.40. The first kappa shape index (κ1) is 24.2. The number of carbonyl (C=O) groups is 3. The van der Waals surface area contributed by atoms with Crippen LogP contribution in [0.4, 0.5) is 0 Å². The fourth-order valence-corrected chi connectivity index (χ4v) is 5.46. The van der Waals surface area contributed by atoms with Crippen LogP contribution in [0.1, 0.15) is 28.4 Å². The first-order valence-electron chi connectivity index (χ1n) is 12.7. The Kier molecular flexibility index (Phi) is 5.80. The number of fused-ring (bicyclic) bond motifs is 3. The van der Waals surface area contributed by atoms with Gasteiger partial charge in [0.15, 0.2) is 11.8 Å². The molecule has 8 heteroatoms. The maximum atomic E-state index is 14.4. The van der Waals surface area contributed by atoms with Gasteiger partial charge in [-0.2, -0.15) is 0 Å². The van der Waals surface area contributed by atoms with E-state index >= 15 is 0 Å². The minimum atomic E-state index is -1.43. The molecule has 194 valence electrons. The Bertz CT molecular complexity index is 1800. The maximum absolute atomic E-state index is 14.4. The Morgan fingerprint density at radius 3 is 1.69 bits per heavy atom. The summed E-state index contributed by atoms with van der Waals surface area (Å²) in [6, 6.07) is 21.4. The number of carbonyl (C=O) groups excluding carboxylic acids is 3. The summed E-state index contributed by atoms with van der Waals surface area (Å²) >= 11 is 0. The largest absolute Gasteiger partial charge is 0.361 e. The van der Waals surface area contributed by atoms with Crippen molar-refractivity contribution in [3.63, 3.8) is 0 Å². The third-order valence-electron chi connectivity index (χ3n) is 7.61. The van der Waals surface area contributed by atoms with E-state index in [9.17, 15) is 14.4 Å². The van der Waals surface area contributed by atoms with Crippen LogP contribution in [0.25, 0.3) is 32.7 Å². The summed E-state index contributed by atoms with van der Waals surface area (Å²) in [5.41, 5.74) is 3.07. The van der Waals surface area contributed by atoms with Crippen molar-refractivity contribution >= 4 is 50.3 Å². The third kappa shape index (κ3) is 3.80. The van der Waals surface area contributed by atoms with E-state index in [1.165, 1.54) is 7.05 Å². The molecule has 0 fully saturated rings. The standard InChI is InChI=1S/C31H27N5O3/c1-31(22-16-34-25-13-7-4-10-19(22)25,23-17-35-26-14-8-5-11-20(23)26)30(39)36-27(29(38)32-2)28(37)21-15-33-24-12-6-3-9-18(21)24/h3-17,27,33-35H,1-2H3,(H,32,38)(H,36,39). The van der Waals surface area contributed by atoms with Gasteiger partial charge in [-0.15, -0.1) is 0 Å². The molecule has 0 spiro atoms. The second-order valence-corrected chi connectivity index (χ2v) is 9.75. The summed E-state index contributed by atoms with van der Waals surface area (Å²) in [5, 5.41) is 7.80. The van der Waals surface area contributed by atoms with Crippen LogP contribution in [0.3, 0.4) is 0 Å². The van der Waals surface area contributed by atoms with Crippen molar-refractivity contribution in [3.8, 4) is 0 Å². The molecule has 39 heavy (non-hydrogen) atoms. The van der Waals surface area contributed by atoms with Crippen LogP contribution in [-0.4, -0.2) is 45.6 Å². The Morgan fingerprint density at radius 1 is 0.692 bits per heavy atom. The lowest BCUT2D eigenvalue weighted by atomic mass is 9.74. The van der Waals surface area contributed by atoms with E-state index in [2.05, 4.69) is 25.6 Å². The van der Waals surface area contributed by atoms with Crippen molar-refractivity contribution < 1.29 is 14.4 Å². The lowest BCUT2D eigenvalue weighted by Crippen LogP contribution is -2.55. The number of likely N-dealkylation sites (N-methyl/N-ethyl adjacent to an activating group) is 1. The SMILES string of the molecule is CNC(=O)C(NC(=O)C(C)(c1c[nH]c2ccccc12)c1c[nH]c2ccccc12)C(=O)c1c[nH]c2ccccc12. The van der Waals surface area contributed by atoms with Gasteiger partial charge in [-0.1, -0.05) is 54.6 Å². The zero-order valence-corrected chi connectivity index (χ0v) is 21.5. The number of rotatable bonds is 7. The number of aromatic amines is 3. The predicted molar refractivity (Wildman–Crippen MR) is 152 cm³/mol. The average Bonchev–Trinajstić information content (AvgIpc) is 3.71. The number of H-pyrrole nitrogens is 3. The van der Waals surface area contributed by atoms with Gasteiger partial charge in [0.25, 0.3) is 0 Å². The molecular formula is C31H27N5O3. The smallest absolute Gasteiger partial charge is 0.250 e. The minimum absolute atomic E-state index is 0.334. The zero-order chi connectivity index (χ0) is 27.1. The molecule has 6 rings (SSSR count). The summed E-state index contributed by atoms with van der Waals surface area (Å²) in [5.74, 6) is -1.57. The summed E-state index contributed by atoms with van der Waals surface area (Å²) < 4.78 is 0. The van der Waals surface area contributed by atoms with E-state index in [-0.39, 0.29) is 0 Å². The number of hydrogen-bond donors (Lipinski definition) is 5. The van der Waals surface area contributed by atoms with Gasteiger partial charge >= 0.3 is 0 Å². The molecule has 3 aromatic carbocycles. The highest BCUT2D eigenvalue weighted by molar-refractivity contribution is 6.20. The van der Waals surface area contributed by atoms with Crippen LogP contribution in [0.15, 0.2) is 91.4 Å². The van der Waals surface area contributed by atoms with Crippen LogP contribution < -0.4 is 10.6 Å². The Hall–Kier alpha value is -5.11. The maximum Gasteiger partial charge on any atom is 0.250 e. The van der Waals surface area contributed by atoms with Gasteiger partial charge in [0.2, 0.25) is 11.8 Å². The monoisotopic (exact) mass is 517 g/mol. The molecule has 0 aliphatic heterocycles. The van der Waals surface area contributed by atoms with Gasteiger partial charge in [0.1, 0.15) is 5.41 Å². The summed E-state index contributed by atoms with van der Waals surface area (Å²) in [6.45, 7) is 1.82. The molecule has 0 radical (unpaired) electrons. The van der Waals surface area contributed by atoms with Gasteiger partial charge in [-0.05, 0) is 36.2 Å². The van der Waals surface area contributed by atoms with E-state index in [0.29, 0.717) is 10.9 Å². The predicted octanol–water partition coefficient (Wildman–Crippen LogP) is 4.55. The van der Waals surface area contributed by atoms with Crippen molar-refractivity contribution in [2.75, 3.05) is 7.05 Å². The zero-order valence-electron chi connectivity index (χ0n) is 21.5. The van der Waals surface area contributed by atoms with E-state index in [4.69, 9.17) is 0 Å². The average molecular weight is 518 g/mol. The molecule has 5 N–H and O–H groups in total. The van der Waals surface area contributed by atoms with Gasteiger partial charge in [-0.3, -0.25) is 14.4 Å². The number of benzene rings is 3. The molecule has 0 bridgehead atoms. The molecule has 2 amide bonds. The van der Waals surface area contributed by atoms with Crippen LogP contribution >= 0.6 is 0 Å². The number of amides is 2.